The van der Waals surface area contributed by atoms with Crippen LogP contribution in [0.25, 0.3) is 0 Å². The molecular weight excluding hydrogens is 552 g/mol. The molecule has 0 aromatic carbocycles. The van der Waals surface area contributed by atoms with Gasteiger partial charge in [-0.2, -0.15) is 17.6 Å². The zero-order chi connectivity index (χ0) is 27.4. The van der Waals surface area contributed by atoms with Crippen molar-refractivity contribution in [1.82, 2.24) is 30.2 Å². The minimum Gasteiger partial charge on any atom is -0.342 e. The Morgan fingerprint density at radius 3 is 2.53 bits per heavy atom. The quantitative estimate of drug-likeness (QED) is 0.210. The first kappa shape index (κ1) is 26.8. The fourth-order valence-corrected chi connectivity index (χ4v) is 4.01. The number of thiazole rings is 1. The van der Waals surface area contributed by atoms with Crippen LogP contribution in [0.15, 0.2) is 49.1 Å². The second-order valence-electron chi connectivity index (χ2n) is 7.52. The second kappa shape index (κ2) is 11.0. The molecule has 16 heteroatoms. The number of nitrogens with zero attached hydrogens (tertiary/aromatic N) is 5. The molecule has 38 heavy (non-hydrogen) atoms. The highest BCUT2D eigenvalue weighted by atomic mass is 35.5. The average Bonchev–Trinajstić information content (AvgIpc) is 3.35. The van der Waals surface area contributed by atoms with E-state index in [9.17, 15) is 27.2 Å². The molecule has 0 aliphatic rings. The summed E-state index contributed by atoms with van der Waals surface area (Å²) in [5.41, 5.74) is -1.14. The van der Waals surface area contributed by atoms with Crippen molar-refractivity contribution in [3.63, 3.8) is 0 Å². The molecule has 1 unspecified atom stereocenters. The Balaban J connectivity index is 1.40. The van der Waals surface area contributed by atoms with Gasteiger partial charge in [0.1, 0.15) is 39.4 Å². The molecule has 0 saturated heterocycles. The summed E-state index contributed by atoms with van der Waals surface area (Å²) in [4.78, 5) is 44.6. The number of aromatic nitrogens is 5. The standard InChI is InChI=1S/C22H15ClF4N8O2S/c1-10(32-19(36)13-6-18(31-9-30-13)34-16-4-2-3-15(24)33-16)21-29-8-14(38-21)20(37)35-17-5-11(22(25,26)27)12(23)7-28-17/h2-10H,1H3,(H,32,36)(H,28,35,37)(H,30,31,33,34). The first-order chi connectivity index (χ1) is 18.0. The highest BCUT2D eigenvalue weighted by Gasteiger charge is 2.34. The summed E-state index contributed by atoms with van der Waals surface area (Å²) in [7, 11) is 0. The lowest BCUT2D eigenvalue weighted by atomic mass is 10.2. The number of rotatable bonds is 7. The lowest BCUT2D eigenvalue weighted by molar-refractivity contribution is -0.137. The van der Waals surface area contributed by atoms with Gasteiger partial charge in [0.15, 0.2) is 0 Å². The Labute approximate surface area is 220 Å². The summed E-state index contributed by atoms with van der Waals surface area (Å²) in [6, 6.07) is 5.45. The van der Waals surface area contributed by atoms with Gasteiger partial charge in [0.05, 0.1) is 22.8 Å². The van der Waals surface area contributed by atoms with E-state index in [4.69, 9.17) is 11.6 Å². The molecule has 2 amide bonds. The average molecular weight is 567 g/mol. The number of alkyl halides is 3. The number of pyridine rings is 2. The van der Waals surface area contributed by atoms with Crippen molar-refractivity contribution in [1.29, 1.82) is 0 Å². The predicted octanol–water partition coefficient (Wildman–Crippen LogP) is 5.02. The van der Waals surface area contributed by atoms with Crippen LogP contribution < -0.4 is 16.0 Å². The largest absolute Gasteiger partial charge is 0.418 e. The Kier molecular flexibility index (Phi) is 7.78. The molecule has 0 aliphatic heterocycles. The molecule has 196 valence electrons. The van der Waals surface area contributed by atoms with Crippen LogP contribution in [0.5, 0.6) is 0 Å². The van der Waals surface area contributed by atoms with Gasteiger partial charge in [0, 0.05) is 12.3 Å². The highest BCUT2D eigenvalue weighted by molar-refractivity contribution is 7.13. The molecular formula is C22H15ClF4N8O2S. The van der Waals surface area contributed by atoms with E-state index in [2.05, 4.69) is 40.9 Å². The molecule has 0 aliphatic carbocycles. The molecule has 4 rings (SSSR count). The summed E-state index contributed by atoms with van der Waals surface area (Å²) in [5, 5.41) is 7.46. The third kappa shape index (κ3) is 6.54. The van der Waals surface area contributed by atoms with E-state index in [1.165, 1.54) is 30.5 Å². The maximum atomic E-state index is 13.3. The van der Waals surface area contributed by atoms with Gasteiger partial charge in [-0.25, -0.2) is 24.9 Å². The van der Waals surface area contributed by atoms with Crippen LogP contribution >= 0.6 is 22.9 Å². The van der Waals surface area contributed by atoms with Crippen LogP contribution in [0.1, 0.15) is 43.7 Å². The van der Waals surface area contributed by atoms with E-state index in [-0.39, 0.29) is 28.0 Å². The first-order valence-electron chi connectivity index (χ1n) is 10.5. The molecule has 4 heterocycles. The van der Waals surface area contributed by atoms with E-state index in [0.29, 0.717) is 11.1 Å². The number of carbonyl (C=O) groups is 2. The highest BCUT2D eigenvalue weighted by Crippen LogP contribution is 2.35. The van der Waals surface area contributed by atoms with Gasteiger partial charge >= 0.3 is 6.18 Å². The number of hydrogen-bond acceptors (Lipinski definition) is 9. The third-order valence-corrected chi connectivity index (χ3v) is 6.22. The summed E-state index contributed by atoms with van der Waals surface area (Å²) in [6.07, 6.45) is -1.57. The van der Waals surface area contributed by atoms with Gasteiger partial charge < -0.3 is 16.0 Å². The van der Waals surface area contributed by atoms with Crippen molar-refractivity contribution in [2.24, 2.45) is 0 Å². The predicted molar refractivity (Wildman–Crippen MR) is 130 cm³/mol. The van der Waals surface area contributed by atoms with Crippen molar-refractivity contribution in [2.75, 3.05) is 10.6 Å². The summed E-state index contributed by atoms with van der Waals surface area (Å²) >= 11 is 6.47. The third-order valence-electron chi connectivity index (χ3n) is 4.74. The Morgan fingerprint density at radius 1 is 1.00 bits per heavy atom. The number of anilines is 3. The zero-order valence-corrected chi connectivity index (χ0v) is 20.6. The minimum absolute atomic E-state index is 0.00504. The molecule has 3 N–H and O–H groups in total. The normalized spacial score (nSPS) is 12.1. The summed E-state index contributed by atoms with van der Waals surface area (Å²) in [6.45, 7) is 1.62. The summed E-state index contributed by atoms with van der Waals surface area (Å²) < 4.78 is 52.4. The maximum Gasteiger partial charge on any atom is 0.418 e. The molecule has 0 fully saturated rings. The van der Waals surface area contributed by atoms with Gasteiger partial charge in [-0.15, -0.1) is 11.3 Å². The number of amides is 2. The molecule has 1 atom stereocenters. The molecule has 0 saturated carbocycles. The van der Waals surface area contributed by atoms with Gasteiger partial charge in [0.25, 0.3) is 11.8 Å². The number of nitrogens with one attached hydrogen (secondary N) is 3. The van der Waals surface area contributed by atoms with Crippen LogP contribution in [0.3, 0.4) is 0 Å². The summed E-state index contributed by atoms with van der Waals surface area (Å²) in [5.74, 6) is -1.98. The SMILES string of the molecule is CC(NC(=O)c1cc(Nc2cccc(F)n2)ncn1)c1ncc(C(=O)Nc2cc(C(F)(F)F)c(Cl)cn2)s1. The van der Waals surface area contributed by atoms with Crippen molar-refractivity contribution in [2.45, 2.75) is 19.1 Å². The number of hydrogen-bond donors (Lipinski definition) is 3. The van der Waals surface area contributed by atoms with Crippen LogP contribution in [0.4, 0.5) is 35.0 Å². The second-order valence-corrected chi connectivity index (χ2v) is 8.99. The molecule has 10 nitrogen and oxygen atoms in total. The lowest BCUT2D eigenvalue weighted by Crippen LogP contribution is -2.27. The fraction of sp³-hybridized carbons (Fsp3) is 0.136. The molecule has 4 aromatic heterocycles. The van der Waals surface area contributed by atoms with E-state index >= 15 is 0 Å². The van der Waals surface area contributed by atoms with Crippen molar-refractivity contribution < 1.29 is 27.2 Å². The Hall–Kier alpha value is -4.24. The monoisotopic (exact) mass is 566 g/mol. The molecule has 0 spiro atoms. The molecule has 4 aromatic rings. The number of carbonyl (C=O) groups excluding carboxylic acids is 2. The van der Waals surface area contributed by atoms with Crippen LogP contribution in [-0.4, -0.2) is 36.7 Å². The molecule has 0 radical (unpaired) electrons. The Morgan fingerprint density at radius 2 is 1.79 bits per heavy atom. The minimum atomic E-state index is -4.72. The first-order valence-corrected chi connectivity index (χ1v) is 11.7. The maximum absolute atomic E-state index is 13.3. The van der Waals surface area contributed by atoms with E-state index in [1.54, 1.807) is 6.92 Å². The van der Waals surface area contributed by atoms with Crippen molar-refractivity contribution in [3.05, 3.63) is 81.2 Å². The van der Waals surface area contributed by atoms with Crippen molar-refractivity contribution >= 4 is 52.2 Å². The smallest absolute Gasteiger partial charge is 0.342 e. The van der Waals surface area contributed by atoms with Gasteiger partial charge in [-0.3, -0.25) is 9.59 Å². The van der Waals surface area contributed by atoms with Crippen LogP contribution in [-0.2, 0) is 6.18 Å². The number of halogens is 5. The van der Waals surface area contributed by atoms with E-state index in [0.717, 1.165) is 23.9 Å². The van der Waals surface area contributed by atoms with Crippen LogP contribution in [0.2, 0.25) is 5.02 Å². The fourth-order valence-electron chi connectivity index (χ4n) is 2.99. The topological polar surface area (TPSA) is 135 Å². The van der Waals surface area contributed by atoms with Crippen LogP contribution in [0, 0.1) is 5.95 Å². The van der Waals surface area contributed by atoms with E-state index in [1.807, 2.05) is 0 Å². The molecule has 0 bridgehead atoms. The van der Waals surface area contributed by atoms with Gasteiger partial charge in [-0.1, -0.05) is 17.7 Å². The Bertz CT molecular complexity index is 1500. The zero-order valence-electron chi connectivity index (χ0n) is 19.0. The van der Waals surface area contributed by atoms with Crippen molar-refractivity contribution in [3.8, 4) is 0 Å². The lowest BCUT2D eigenvalue weighted by Gasteiger charge is -2.11. The van der Waals surface area contributed by atoms with Gasteiger partial charge in [-0.05, 0) is 25.1 Å². The van der Waals surface area contributed by atoms with Gasteiger partial charge in [0.2, 0.25) is 5.95 Å². The van der Waals surface area contributed by atoms with E-state index < -0.39 is 40.6 Å².